The maximum atomic E-state index is 12.4. The first kappa shape index (κ1) is 17.4. The molecule has 2 saturated heterocycles. The van der Waals surface area contributed by atoms with E-state index in [1.165, 1.54) is 4.90 Å². The van der Waals surface area contributed by atoms with Crippen LogP contribution in [-0.2, 0) is 4.79 Å². The molecule has 2 aliphatic heterocycles. The number of rotatable bonds is 1. The van der Waals surface area contributed by atoms with E-state index in [0.717, 1.165) is 0 Å². The summed E-state index contributed by atoms with van der Waals surface area (Å²) in [5, 5.41) is 5.74. The predicted molar refractivity (Wildman–Crippen MR) is 86.0 cm³/mol. The molecule has 0 aromatic rings. The first-order valence-corrected chi connectivity index (χ1v) is 8.01. The lowest BCUT2D eigenvalue weighted by Gasteiger charge is -2.33. The van der Waals surface area contributed by atoms with Gasteiger partial charge in [0.1, 0.15) is 0 Å². The lowest BCUT2D eigenvalue weighted by atomic mass is 9.86. The second-order valence-electron chi connectivity index (χ2n) is 7.08. The van der Waals surface area contributed by atoms with Crippen LogP contribution in [0.4, 0.5) is 9.59 Å². The molecule has 0 bridgehead atoms. The standard InChI is InChI=1S/C15H27N5O3/c1-11(2)17-13(22)19-5-6-20(14(23)18(3)4)10-15(9-19)7-12(21)16-8-15/h11H,5-10H2,1-4H3,(H,16,21)(H,17,22)/t15-/m0/s1. The SMILES string of the molecule is CC(C)NC(=O)N1CCN(C(=O)N(C)C)C[C@@]2(CNC(=O)C2)C1. The van der Waals surface area contributed by atoms with Gasteiger partial charge in [0.25, 0.3) is 0 Å². The van der Waals surface area contributed by atoms with Gasteiger partial charge in [0, 0.05) is 64.7 Å². The summed E-state index contributed by atoms with van der Waals surface area (Å²) in [6.45, 7) is 6.21. The van der Waals surface area contributed by atoms with Crippen LogP contribution in [0.1, 0.15) is 20.3 Å². The van der Waals surface area contributed by atoms with Crippen LogP contribution < -0.4 is 10.6 Å². The summed E-state index contributed by atoms with van der Waals surface area (Å²) in [5.74, 6) is -0.0200. The van der Waals surface area contributed by atoms with Gasteiger partial charge in [-0.15, -0.1) is 0 Å². The predicted octanol–water partition coefficient (Wildman–Crippen LogP) is -0.0901. The van der Waals surface area contributed by atoms with Gasteiger partial charge in [0.05, 0.1) is 0 Å². The maximum absolute atomic E-state index is 12.4. The highest BCUT2D eigenvalue weighted by molar-refractivity contribution is 5.80. The normalized spacial score (nSPS) is 24.7. The number of hydrogen-bond acceptors (Lipinski definition) is 3. The molecule has 130 valence electrons. The minimum atomic E-state index is -0.409. The summed E-state index contributed by atoms with van der Waals surface area (Å²) in [4.78, 5) is 41.5. The molecule has 5 amide bonds. The van der Waals surface area contributed by atoms with Crippen molar-refractivity contribution in [3.05, 3.63) is 0 Å². The second-order valence-corrected chi connectivity index (χ2v) is 7.08. The van der Waals surface area contributed by atoms with E-state index in [-0.39, 0.29) is 24.0 Å². The molecule has 2 N–H and O–H groups in total. The monoisotopic (exact) mass is 325 g/mol. The molecule has 8 nitrogen and oxygen atoms in total. The number of amides is 5. The fourth-order valence-corrected chi connectivity index (χ4v) is 3.19. The Morgan fingerprint density at radius 1 is 1.22 bits per heavy atom. The van der Waals surface area contributed by atoms with Crippen molar-refractivity contribution in [2.45, 2.75) is 26.3 Å². The molecule has 0 unspecified atom stereocenters. The van der Waals surface area contributed by atoms with Gasteiger partial charge in [-0.1, -0.05) is 0 Å². The number of nitrogens with one attached hydrogen (secondary N) is 2. The molecule has 0 aromatic carbocycles. The number of nitrogens with zero attached hydrogens (tertiary/aromatic N) is 3. The Morgan fingerprint density at radius 3 is 2.35 bits per heavy atom. The molecule has 1 spiro atoms. The van der Waals surface area contributed by atoms with Gasteiger partial charge in [0.15, 0.2) is 0 Å². The van der Waals surface area contributed by atoms with Gasteiger partial charge < -0.3 is 25.3 Å². The number of hydrogen-bond donors (Lipinski definition) is 2. The van der Waals surface area contributed by atoms with Crippen molar-refractivity contribution in [2.24, 2.45) is 5.41 Å². The van der Waals surface area contributed by atoms with Crippen LogP contribution in [0.2, 0.25) is 0 Å². The van der Waals surface area contributed by atoms with Crippen LogP contribution in [0.3, 0.4) is 0 Å². The summed E-state index contributed by atoms with van der Waals surface area (Å²) < 4.78 is 0. The van der Waals surface area contributed by atoms with Crippen LogP contribution in [0.5, 0.6) is 0 Å². The van der Waals surface area contributed by atoms with E-state index < -0.39 is 5.41 Å². The van der Waals surface area contributed by atoms with Crippen LogP contribution in [0.25, 0.3) is 0 Å². The zero-order valence-corrected chi connectivity index (χ0v) is 14.4. The van der Waals surface area contributed by atoms with Crippen molar-refractivity contribution in [3.63, 3.8) is 0 Å². The Bertz CT molecular complexity index is 494. The van der Waals surface area contributed by atoms with E-state index in [4.69, 9.17) is 0 Å². The largest absolute Gasteiger partial charge is 0.355 e. The summed E-state index contributed by atoms with van der Waals surface area (Å²) >= 11 is 0. The third-order valence-corrected chi connectivity index (χ3v) is 4.24. The van der Waals surface area contributed by atoms with Crippen LogP contribution in [0.15, 0.2) is 0 Å². The Morgan fingerprint density at radius 2 is 1.83 bits per heavy atom. The average Bonchev–Trinajstić information content (AvgIpc) is 2.69. The lowest BCUT2D eigenvalue weighted by molar-refractivity contribution is -0.119. The van der Waals surface area contributed by atoms with Gasteiger partial charge in [0.2, 0.25) is 5.91 Å². The lowest BCUT2D eigenvalue weighted by Crippen LogP contribution is -2.49. The molecule has 0 saturated carbocycles. The van der Waals surface area contributed by atoms with Crippen molar-refractivity contribution in [2.75, 3.05) is 46.8 Å². The Balaban J connectivity index is 2.19. The molecule has 0 aliphatic carbocycles. The van der Waals surface area contributed by atoms with E-state index in [1.54, 1.807) is 23.9 Å². The molecule has 1 atom stereocenters. The summed E-state index contributed by atoms with van der Waals surface area (Å²) in [6.07, 6.45) is 0.343. The van der Waals surface area contributed by atoms with Gasteiger partial charge >= 0.3 is 12.1 Å². The summed E-state index contributed by atoms with van der Waals surface area (Å²) in [7, 11) is 3.42. The quantitative estimate of drug-likeness (QED) is 0.706. The topological polar surface area (TPSA) is 85.0 Å². The van der Waals surface area contributed by atoms with Crippen LogP contribution in [0, 0.1) is 5.41 Å². The molecular formula is C15H27N5O3. The molecule has 0 radical (unpaired) electrons. The van der Waals surface area contributed by atoms with Crippen molar-refractivity contribution >= 4 is 18.0 Å². The van der Waals surface area contributed by atoms with Gasteiger partial charge in [-0.2, -0.15) is 0 Å². The molecular weight excluding hydrogens is 298 g/mol. The minimum Gasteiger partial charge on any atom is -0.355 e. The Kier molecular flexibility index (Phi) is 5.01. The molecule has 23 heavy (non-hydrogen) atoms. The number of urea groups is 2. The molecule has 0 aromatic heterocycles. The third kappa shape index (κ3) is 4.05. The van der Waals surface area contributed by atoms with Gasteiger partial charge in [-0.25, -0.2) is 9.59 Å². The van der Waals surface area contributed by atoms with E-state index in [9.17, 15) is 14.4 Å². The second kappa shape index (κ2) is 6.64. The van der Waals surface area contributed by atoms with Gasteiger partial charge in [-0.05, 0) is 13.8 Å². The fourth-order valence-electron chi connectivity index (χ4n) is 3.19. The Hall–Kier alpha value is -1.99. The first-order chi connectivity index (χ1) is 10.7. The van der Waals surface area contributed by atoms with E-state index >= 15 is 0 Å². The third-order valence-electron chi connectivity index (χ3n) is 4.24. The van der Waals surface area contributed by atoms with E-state index in [1.807, 2.05) is 13.8 Å². The molecule has 2 fully saturated rings. The molecule has 2 heterocycles. The highest BCUT2D eigenvalue weighted by Crippen LogP contribution is 2.31. The molecule has 2 aliphatic rings. The van der Waals surface area contributed by atoms with E-state index in [0.29, 0.717) is 39.1 Å². The minimum absolute atomic E-state index is 0.0200. The van der Waals surface area contributed by atoms with E-state index in [2.05, 4.69) is 10.6 Å². The average molecular weight is 325 g/mol. The fraction of sp³-hybridized carbons (Fsp3) is 0.800. The summed E-state index contributed by atoms with van der Waals surface area (Å²) in [5.41, 5.74) is -0.409. The molecule has 8 heteroatoms. The zero-order chi connectivity index (χ0) is 17.2. The smallest absolute Gasteiger partial charge is 0.319 e. The highest BCUT2D eigenvalue weighted by atomic mass is 16.2. The van der Waals surface area contributed by atoms with Crippen molar-refractivity contribution in [1.82, 2.24) is 25.3 Å². The zero-order valence-electron chi connectivity index (χ0n) is 14.4. The van der Waals surface area contributed by atoms with Crippen LogP contribution in [-0.4, -0.2) is 85.5 Å². The van der Waals surface area contributed by atoms with Crippen molar-refractivity contribution < 1.29 is 14.4 Å². The van der Waals surface area contributed by atoms with Crippen LogP contribution >= 0.6 is 0 Å². The van der Waals surface area contributed by atoms with Crippen molar-refractivity contribution in [3.8, 4) is 0 Å². The highest BCUT2D eigenvalue weighted by Gasteiger charge is 2.45. The summed E-state index contributed by atoms with van der Waals surface area (Å²) in [6, 6.07) is -0.183. The number of carbonyl (C=O) groups excluding carboxylic acids is 3. The molecule has 2 rings (SSSR count). The Labute approximate surface area is 137 Å². The van der Waals surface area contributed by atoms with Gasteiger partial charge in [-0.3, -0.25) is 4.79 Å². The van der Waals surface area contributed by atoms with Crippen molar-refractivity contribution in [1.29, 1.82) is 0 Å². The first-order valence-electron chi connectivity index (χ1n) is 8.01. The maximum Gasteiger partial charge on any atom is 0.319 e. The number of carbonyl (C=O) groups is 3.